The van der Waals surface area contributed by atoms with Gasteiger partial charge in [-0.2, -0.15) is 0 Å². The number of aliphatic hydroxyl groups excluding tert-OH is 1. The van der Waals surface area contributed by atoms with E-state index in [-0.39, 0.29) is 6.61 Å². The summed E-state index contributed by atoms with van der Waals surface area (Å²) in [5.41, 5.74) is 2.33. The van der Waals surface area contributed by atoms with Crippen LogP contribution < -0.4 is 10.1 Å². The van der Waals surface area contributed by atoms with Crippen LogP contribution >= 0.6 is 0 Å². The number of rotatable bonds is 5. The van der Waals surface area contributed by atoms with Crippen LogP contribution in [0.4, 0.5) is 0 Å². The Kier molecular flexibility index (Phi) is 5.02. The summed E-state index contributed by atoms with van der Waals surface area (Å²) in [6.07, 6.45) is 3.15. The van der Waals surface area contributed by atoms with Crippen LogP contribution in [0.5, 0.6) is 5.75 Å². The van der Waals surface area contributed by atoms with E-state index in [0.717, 1.165) is 31.0 Å². The average Bonchev–Trinajstić information content (AvgIpc) is 2.39. The lowest BCUT2D eigenvalue weighted by molar-refractivity contribution is 0.215. The maximum absolute atomic E-state index is 9.09. The Morgan fingerprint density at radius 1 is 1.44 bits per heavy atom. The highest BCUT2D eigenvalue weighted by Crippen LogP contribution is 2.22. The van der Waals surface area contributed by atoms with E-state index in [1.54, 1.807) is 0 Å². The standard InChI is InChI=1S/C15H23NO2/c1-12-4-5-15(14(9-12)6-8-17)18-11-13-3-2-7-16-10-13/h4-5,9,13,16-17H,2-3,6-8,10-11H2,1H3. The topological polar surface area (TPSA) is 41.5 Å². The molecule has 0 amide bonds. The molecular formula is C15H23NO2. The van der Waals surface area contributed by atoms with Gasteiger partial charge in [0, 0.05) is 19.1 Å². The summed E-state index contributed by atoms with van der Waals surface area (Å²) in [6.45, 7) is 5.20. The van der Waals surface area contributed by atoms with E-state index in [4.69, 9.17) is 9.84 Å². The monoisotopic (exact) mass is 249 g/mol. The Morgan fingerprint density at radius 2 is 2.33 bits per heavy atom. The minimum atomic E-state index is 0.171. The van der Waals surface area contributed by atoms with Gasteiger partial charge in [0.25, 0.3) is 0 Å². The van der Waals surface area contributed by atoms with Crippen molar-refractivity contribution in [2.75, 3.05) is 26.3 Å². The number of piperidine rings is 1. The molecule has 0 aromatic heterocycles. The maximum Gasteiger partial charge on any atom is 0.122 e. The van der Waals surface area contributed by atoms with Crippen molar-refractivity contribution in [1.82, 2.24) is 5.32 Å². The van der Waals surface area contributed by atoms with Crippen molar-refractivity contribution in [3.05, 3.63) is 29.3 Å². The predicted octanol–water partition coefficient (Wildman–Crippen LogP) is 1.91. The summed E-state index contributed by atoms with van der Waals surface area (Å²) in [6, 6.07) is 6.19. The molecule has 0 saturated carbocycles. The van der Waals surface area contributed by atoms with Crippen LogP contribution in [-0.2, 0) is 6.42 Å². The van der Waals surface area contributed by atoms with Crippen molar-refractivity contribution in [1.29, 1.82) is 0 Å². The molecular weight excluding hydrogens is 226 g/mol. The molecule has 2 N–H and O–H groups in total. The molecule has 1 unspecified atom stereocenters. The molecule has 1 saturated heterocycles. The first kappa shape index (κ1) is 13.4. The van der Waals surface area contributed by atoms with Crippen LogP contribution in [0.1, 0.15) is 24.0 Å². The summed E-state index contributed by atoms with van der Waals surface area (Å²) in [7, 11) is 0. The Labute approximate surface area is 109 Å². The van der Waals surface area contributed by atoms with Crippen molar-refractivity contribution >= 4 is 0 Å². The second-order valence-electron chi connectivity index (χ2n) is 5.11. The molecule has 0 bridgehead atoms. The third-order valence-corrected chi connectivity index (χ3v) is 3.47. The SMILES string of the molecule is Cc1ccc(OCC2CCCNC2)c(CCO)c1. The molecule has 100 valence electrons. The normalized spacial score (nSPS) is 19.8. The first-order chi connectivity index (χ1) is 8.79. The molecule has 3 nitrogen and oxygen atoms in total. The zero-order valence-electron chi connectivity index (χ0n) is 11.1. The summed E-state index contributed by atoms with van der Waals surface area (Å²) in [5, 5.41) is 12.5. The number of benzene rings is 1. The highest BCUT2D eigenvalue weighted by Gasteiger charge is 2.14. The molecule has 1 aliphatic rings. The minimum Gasteiger partial charge on any atom is -0.493 e. The number of aryl methyl sites for hydroxylation is 1. The van der Waals surface area contributed by atoms with Crippen LogP contribution in [0.3, 0.4) is 0 Å². The second-order valence-corrected chi connectivity index (χ2v) is 5.11. The van der Waals surface area contributed by atoms with Crippen LogP contribution in [0.25, 0.3) is 0 Å². The number of hydrogen-bond acceptors (Lipinski definition) is 3. The highest BCUT2D eigenvalue weighted by molar-refractivity contribution is 5.37. The van der Waals surface area contributed by atoms with Crippen molar-refractivity contribution in [3.63, 3.8) is 0 Å². The van der Waals surface area contributed by atoms with Crippen molar-refractivity contribution in [3.8, 4) is 5.75 Å². The molecule has 1 fully saturated rings. The fraction of sp³-hybridized carbons (Fsp3) is 0.600. The van der Waals surface area contributed by atoms with E-state index in [1.165, 1.54) is 18.4 Å². The molecule has 1 aromatic carbocycles. The minimum absolute atomic E-state index is 0.171. The Hall–Kier alpha value is -1.06. The summed E-state index contributed by atoms with van der Waals surface area (Å²) in [4.78, 5) is 0. The van der Waals surface area contributed by atoms with E-state index in [2.05, 4.69) is 24.4 Å². The van der Waals surface area contributed by atoms with Gasteiger partial charge in [-0.05, 0) is 44.4 Å². The number of ether oxygens (including phenoxy) is 1. The van der Waals surface area contributed by atoms with Crippen molar-refractivity contribution in [2.45, 2.75) is 26.2 Å². The zero-order chi connectivity index (χ0) is 12.8. The van der Waals surface area contributed by atoms with Gasteiger partial charge in [0.15, 0.2) is 0 Å². The molecule has 3 heteroatoms. The van der Waals surface area contributed by atoms with Gasteiger partial charge in [-0.15, -0.1) is 0 Å². The number of hydrogen-bond donors (Lipinski definition) is 2. The highest BCUT2D eigenvalue weighted by atomic mass is 16.5. The smallest absolute Gasteiger partial charge is 0.122 e. The average molecular weight is 249 g/mol. The van der Waals surface area contributed by atoms with Crippen molar-refractivity contribution < 1.29 is 9.84 Å². The lowest BCUT2D eigenvalue weighted by Gasteiger charge is -2.23. The first-order valence-corrected chi connectivity index (χ1v) is 6.83. The molecule has 1 aromatic rings. The molecule has 0 aliphatic carbocycles. The number of aliphatic hydroxyl groups is 1. The zero-order valence-corrected chi connectivity index (χ0v) is 11.1. The summed E-state index contributed by atoms with van der Waals surface area (Å²) in [5.74, 6) is 1.54. The Morgan fingerprint density at radius 3 is 3.06 bits per heavy atom. The molecule has 1 heterocycles. The summed E-state index contributed by atoms with van der Waals surface area (Å²) < 4.78 is 5.93. The molecule has 1 atom stereocenters. The molecule has 2 rings (SSSR count). The Balaban J connectivity index is 1.94. The molecule has 18 heavy (non-hydrogen) atoms. The first-order valence-electron chi connectivity index (χ1n) is 6.83. The van der Waals surface area contributed by atoms with E-state index in [0.29, 0.717) is 12.3 Å². The van der Waals surface area contributed by atoms with Gasteiger partial charge >= 0.3 is 0 Å². The van der Waals surface area contributed by atoms with Gasteiger partial charge in [-0.25, -0.2) is 0 Å². The molecule has 1 aliphatic heterocycles. The van der Waals surface area contributed by atoms with Gasteiger partial charge in [0.2, 0.25) is 0 Å². The summed E-state index contributed by atoms with van der Waals surface area (Å²) >= 11 is 0. The largest absolute Gasteiger partial charge is 0.493 e. The van der Waals surface area contributed by atoms with Gasteiger partial charge in [-0.3, -0.25) is 0 Å². The lowest BCUT2D eigenvalue weighted by atomic mass is 10.0. The molecule has 0 radical (unpaired) electrons. The van der Waals surface area contributed by atoms with Gasteiger partial charge < -0.3 is 15.2 Å². The van der Waals surface area contributed by atoms with Gasteiger partial charge in [0.1, 0.15) is 5.75 Å². The number of nitrogens with one attached hydrogen (secondary N) is 1. The van der Waals surface area contributed by atoms with Gasteiger partial charge in [0.05, 0.1) is 6.61 Å². The van der Waals surface area contributed by atoms with E-state index >= 15 is 0 Å². The van der Waals surface area contributed by atoms with E-state index in [9.17, 15) is 0 Å². The van der Waals surface area contributed by atoms with Crippen LogP contribution in [-0.4, -0.2) is 31.4 Å². The quantitative estimate of drug-likeness (QED) is 0.837. The third-order valence-electron chi connectivity index (χ3n) is 3.47. The van der Waals surface area contributed by atoms with Crippen LogP contribution in [0.15, 0.2) is 18.2 Å². The van der Waals surface area contributed by atoms with Crippen LogP contribution in [0, 0.1) is 12.8 Å². The van der Waals surface area contributed by atoms with Gasteiger partial charge in [-0.1, -0.05) is 17.7 Å². The van der Waals surface area contributed by atoms with Crippen molar-refractivity contribution in [2.24, 2.45) is 5.92 Å². The molecule has 0 spiro atoms. The van der Waals surface area contributed by atoms with E-state index < -0.39 is 0 Å². The second kappa shape index (κ2) is 6.76. The maximum atomic E-state index is 9.09. The fourth-order valence-corrected chi connectivity index (χ4v) is 2.44. The fourth-order valence-electron chi connectivity index (χ4n) is 2.44. The van der Waals surface area contributed by atoms with Crippen LogP contribution in [0.2, 0.25) is 0 Å². The third kappa shape index (κ3) is 3.72. The Bertz CT molecular complexity index is 373. The predicted molar refractivity (Wildman–Crippen MR) is 73.1 cm³/mol. The van der Waals surface area contributed by atoms with E-state index in [1.807, 2.05) is 6.07 Å². The lowest BCUT2D eigenvalue weighted by Crippen LogP contribution is -2.33.